The van der Waals surface area contributed by atoms with Gasteiger partial charge >= 0.3 is 0 Å². The van der Waals surface area contributed by atoms with E-state index in [-0.39, 0.29) is 5.82 Å². The Morgan fingerprint density at radius 1 is 1.33 bits per heavy atom. The summed E-state index contributed by atoms with van der Waals surface area (Å²) in [5.41, 5.74) is 6.98. The number of benzene rings is 1. The maximum atomic E-state index is 10.1. The molecule has 1 saturated carbocycles. The lowest BCUT2D eigenvalue weighted by molar-refractivity contribution is 0.0752. The van der Waals surface area contributed by atoms with Crippen molar-refractivity contribution in [2.45, 2.75) is 43.9 Å². The standard InChI is InChI=1S/C20H21N5O2/c21-13-20(9-4-7-15(26)11-20)25-16-8-10-23-19(17(16)18(22)24-25)27-12-14-5-2-1-3-6-14/h1-3,5-6,8,10,15,26H,4,7,9,11-12H2,(H2,22,24). The van der Waals surface area contributed by atoms with E-state index in [2.05, 4.69) is 16.2 Å². The molecule has 2 unspecified atom stereocenters. The highest BCUT2D eigenvalue weighted by atomic mass is 16.5. The maximum Gasteiger partial charge on any atom is 0.227 e. The zero-order chi connectivity index (χ0) is 18.9. The minimum atomic E-state index is -0.911. The molecule has 0 saturated heterocycles. The molecule has 138 valence electrons. The number of aliphatic hydroxyl groups excluding tert-OH is 1. The minimum Gasteiger partial charge on any atom is -0.472 e. The van der Waals surface area contributed by atoms with Crippen LogP contribution in [-0.2, 0) is 12.1 Å². The zero-order valence-corrected chi connectivity index (χ0v) is 14.9. The summed E-state index contributed by atoms with van der Waals surface area (Å²) in [7, 11) is 0. The summed E-state index contributed by atoms with van der Waals surface area (Å²) >= 11 is 0. The van der Waals surface area contributed by atoms with Gasteiger partial charge in [-0.15, -0.1) is 0 Å². The smallest absolute Gasteiger partial charge is 0.227 e. The van der Waals surface area contributed by atoms with E-state index in [0.29, 0.717) is 42.7 Å². The van der Waals surface area contributed by atoms with Crippen molar-refractivity contribution in [2.24, 2.45) is 0 Å². The fourth-order valence-corrected chi connectivity index (χ4v) is 3.79. The first-order valence-corrected chi connectivity index (χ1v) is 9.03. The Morgan fingerprint density at radius 2 is 2.15 bits per heavy atom. The molecule has 1 aliphatic carbocycles. The number of rotatable bonds is 4. The van der Waals surface area contributed by atoms with Crippen LogP contribution >= 0.6 is 0 Å². The van der Waals surface area contributed by atoms with Gasteiger partial charge in [-0.2, -0.15) is 10.4 Å². The van der Waals surface area contributed by atoms with Crippen molar-refractivity contribution in [2.75, 3.05) is 5.73 Å². The second-order valence-electron chi connectivity index (χ2n) is 6.98. The van der Waals surface area contributed by atoms with E-state index in [9.17, 15) is 10.4 Å². The average molecular weight is 363 g/mol. The number of hydrogen-bond acceptors (Lipinski definition) is 6. The number of nitrogens with zero attached hydrogens (tertiary/aromatic N) is 4. The molecule has 27 heavy (non-hydrogen) atoms. The summed E-state index contributed by atoms with van der Waals surface area (Å²) in [6.45, 7) is 0.361. The Kier molecular flexibility index (Phi) is 4.42. The van der Waals surface area contributed by atoms with Gasteiger partial charge in [-0.3, -0.25) is 0 Å². The Bertz CT molecular complexity index is 995. The Balaban J connectivity index is 1.74. The van der Waals surface area contributed by atoms with Crippen LogP contribution in [0.25, 0.3) is 10.9 Å². The molecule has 2 heterocycles. The van der Waals surface area contributed by atoms with Crippen LogP contribution in [0.4, 0.5) is 5.82 Å². The van der Waals surface area contributed by atoms with Crippen molar-refractivity contribution in [3.63, 3.8) is 0 Å². The summed E-state index contributed by atoms with van der Waals surface area (Å²) in [5, 5.41) is 25.1. The Hall–Kier alpha value is -3.11. The second kappa shape index (κ2) is 6.89. The quantitative estimate of drug-likeness (QED) is 0.737. The van der Waals surface area contributed by atoms with Gasteiger partial charge in [0.15, 0.2) is 11.4 Å². The summed E-state index contributed by atoms with van der Waals surface area (Å²) in [6.07, 6.45) is 3.53. The molecule has 1 aliphatic rings. The number of nitrogen functional groups attached to an aromatic ring is 1. The number of nitriles is 1. The van der Waals surface area contributed by atoms with Gasteiger partial charge in [-0.1, -0.05) is 30.3 Å². The number of anilines is 1. The monoisotopic (exact) mass is 363 g/mol. The number of fused-ring (bicyclic) bond motifs is 1. The van der Waals surface area contributed by atoms with Gasteiger partial charge in [0.25, 0.3) is 0 Å². The van der Waals surface area contributed by atoms with E-state index in [4.69, 9.17) is 10.5 Å². The first kappa shape index (κ1) is 17.3. The Labute approximate surface area is 157 Å². The molecule has 3 aromatic rings. The summed E-state index contributed by atoms with van der Waals surface area (Å²) in [4.78, 5) is 4.32. The predicted octanol–water partition coefficient (Wildman–Crippen LogP) is 2.75. The Morgan fingerprint density at radius 3 is 2.89 bits per heavy atom. The van der Waals surface area contributed by atoms with Gasteiger partial charge in [0.2, 0.25) is 5.88 Å². The highest BCUT2D eigenvalue weighted by Crippen LogP contribution is 2.39. The molecule has 2 atom stereocenters. The van der Waals surface area contributed by atoms with Crippen LogP contribution in [-0.4, -0.2) is 26.0 Å². The summed E-state index contributed by atoms with van der Waals surface area (Å²) in [5.74, 6) is 0.667. The molecule has 0 radical (unpaired) electrons. The minimum absolute atomic E-state index is 0.274. The van der Waals surface area contributed by atoms with Crippen molar-refractivity contribution in [3.05, 3.63) is 48.2 Å². The van der Waals surface area contributed by atoms with Gasteiger partial charge in [0.1, 0.15) is 12.0 Å². The number of hydrogen-bond donors (Lipinski definition) is 2. The number of nitrogens with two attached hydrogens (primary N) is 1. The third kappa shape index (κ3) is 3.09. The van der Waals surface area contributed by atoms with Crippen LogP contribution < -0.4 is 10.5 Å². The van der Waals surface area contributed by atoms with Crippen molar-refractivity contribution < 1.29 is 9.84 Å². The van der Waals surface area contributed by atoms with E-state index in [0.717, 1.165) is 12.0 Å². The highest BCUT2D eigenvalue weighted by Gasteiger charge is 2.40. The van der Waals surface area contributed by atoms with Crippen LogP contribution in [0.15, 0.2) is 42.6 Å². The molecule has 1 fully saturated rings. The van der Waals surface area contributed by atoms with Gasteiger partial charge < -0.3 is 15.6 Å². The third-order valence-corrected chi connectivity index (χ3v) is 5.12. The molecule has 0 amide bonds. The number of ether oxygens (including phenoxy) is 1. The first-order chi connectivity index (χ1) is 13.1. The SMILES string of the molecule is N#CC1(n2nc(N)c3c(OCc4ccccc4)nccc32)CCCC(O)C1. The lowest BCUT2D eigenvalue weighted by Crippen LogP contribution is -2.40. The third-order valence-electron chi connectivity index (χ3n) is 5.12. The van der Waals surface area contributed by atoms with E-state index >= 15 is 0 Å². The van der Waals surface area contributed by atoms with Crippen LogP contribution in [0.1, 0.15) is 31.2 Å². The van der Waals surface area contributed by atoms with Gasteiger partial charge in [-0.05, 0) is 30.9 Å². The van der Waals surface area contributed by atoms with Crippen molar-refractivity contribution in [3.8, 4) is 11.9 Å². The van der Waals surface area contributed by atoms with Crippen LogP contribution in [0.5, 0.6) is 5.88 Å². The topological polar surface area (TPSA) is 110 Å². The van der Waals surface area contributed by atoms with E-state index < -0.39 is 11.6 Å². The maximum absolute atomic E-state index is 10.1. The van der Waals surface area contributed by atoms with Gasteiger partial charge in [0.05, 0.1) is 17.7 Å². The van der Waals surface area contributed by atoms with Gasteiger partial charge in [0, 0.05) is 12.6 Å². The molecule has 1 aromatic carbocycles. The van der Waals surface area contributed by atoms with Crippen LogP contribution in [0.3, 0.4) is 0 Å². The lowest BCUT2D eigenvalue weighted by atomic mass is 9.81. The largest absolute Gasteiger partial charge is 0.472 e. The van der Waals surface area contributed by atoms with E-state index in [1.807, 2.05) is 30.3 Å². The van der Waals surface area contributed by atoms with Crippen LogP contribution in [0, 0.1) is 11.3 Å². The molecular formula is C20H21N5O2. The lowest BCUT2D eigenvalue weighted by Gasteiger charge is -2.34. The number of aliphatic hydroxyl groups is 1. The normalized spacial score (nSPS) is 22.4. The number of aromatic nitrogens is 3. The average Bonchev–Trinajstić information content (AvgIpc) is 3.05. The van der Waals surface area contributed by atoms with E-state index in [1.54, 1.807) is 16.9 Å². The number of pyridine rings is 1. The predicted molar refractivity (Wildman–Crippen MR) is 101 cm³/mol. The fourth-order valence-electron chi connectivity index (χ4n) is 3.79. The molecular weight excluding hydrogens is 342 g/mol. The summed E-state index contributed by atoms with van der Waals surface area (Å²) in [6, 6.07) is 13.9. The fraction of sp³-hybridized carbons (Fsp3) is 0.350. The van der Waals surface area contributed by atoms with E-state index in [1.165, 1.54) is 0 Å². The zero-order valence-electron chi connectivity index (χ0n) is 14.9. The molecule has 0 aliphatic heterocycles. The van der Waals surface area contributed by atoms with Crippen LogP contribution in [0.2, 0.25) is 0 Å². The highest BCUT2D eigenvalue weighted by molar-refractivity contribution is 5.93. The molecule has 4 rings (SSSR count). The molecule has 2 aromatic heterocycles. The van der Waals surface area contributed by atoms with Crippen molar-refractivity contribution in [1.82, 2.24) is 14.8 Å². The van der Waals surface area contributed by atoms with Gasteiger partial charge in [-0.25, -0.2) is 9.67 Å². The molecule has 3 N–H and O–H groups in total. The summed E-state index contributed by atoms with van der Waals surface area (Å²) < 4.78 is 7.55. The molecule has 0 spiro atoms. The van der Waals surface area contributed by atoms with Crippen molar-refractivity contribution in [1.29, 1.82) is 5.26 Å². The first-order valence-electron chi connectivity index (χ1n) is 9.03. The molecule has 0 bridgehead atoms. The second-order valence-corrected chi connectivity index (χ2v) is 6.98. The molecule has 7 heteroatoms. The van der Waals surface area contributed by atoms with Crippen molar-refractivity contribution >= 4 is 16.7 Å². The molecule has 7 nitrogen and oxygen atoms in total.